The summed E-state index contributed by atoms with van der Waals surface area (Å²) in [6.45, 7) is 4.56. The highest BCUT2D eigenvalue weighted by atomic mass is 16.5. The first-order chi connectivity index (χ1) is 10.6. The molecular formula is C18H27NO3. The van der Waals surface area contributed by atoms with Crippen LogP contribution in [-0.4, -0.2) is 29.8 Å². The number of aryl methyl sites for hydroxylation is 1. The topological polar surface area (TPSA) is 58.6 Å². The lowest BCUT2D eigenvalue weighted by molar-refractivity contribution is -0.128. The molecule has 1 saturated carbocycles. The summed E-state index contributed by atoms with van der Waals surface area (Å²) in [7, 11) is 0. The number of hydrogen-bond donors (Lipinski definition) is 2. The average Bonchev–Trinajstić information content (AvgIpc) is 2.52. The summed E-state index contributed by atoms with van der Waals surface area (Å²) >= 11 is 0. The van der Waals surface area contributed by atoms with E-state index in [0.717, 1.165) is 37.0 Å². The Labute approximate surface area is 132 Å². The molecule has 2 rings (SSSR count). The number of rotatable bonds is 6. The van der Waals surface area contributed by atoms with E-state index in [0.29, 0.717) is 18.9 Å². The van der Waals surface area contributed by atoms with E-state index in [1.54, 1.807) is 0 Å². The SMILES string of the molecule is CCC(Oc1ccccc1C)C(=O)NCC1CCCC(O)C1. The number of benzene rings is 1. The Hall–Kier alpha value is -1.55. The molecule has 4 heteroatoms. The molecule has 1 aromatic carbocycles. The molecule has 1 amide bonds. The van der Waals surface area contributed by atoms with Crippen LogP contribution in [0.25, 0.3) is 0 Å². The molecular weight excluding hydrogens is 278 g/mol. The molecule has 122 valence electrons. The van der Waals surface area contributed by atoms with Crippen LogP contribution < -0.4 is 10.1 Å². The van der Waals surface area contributed by atoms with Crippen molar-refractivity contribution < 1.29 is 14.6 Å². The second-order valence-corrected chi connectivity index (χ2v) is 6.21. The van der Waals surface area contributed by atoms with Crippen molar-refractivity contribution in [1.29, 1.82) is 0 Å². The normalized spacial score (nSPS) is 22.9. The van der Waals surface area contributed by atoms with E-state index >= 15 is 0 Å². The fourth-order valence-corrected chi connectivity index (χ4v) is 2.97. The first-order valence-corrected chi connectivity index (χ1v) is 8.28. The van der Waals surface area contributed by atoms with Crippen molar-refractivity contribution in [2.24, 2.45) is 5.92 Å². The lowest BCUT2D eigenvalue weighted by Gasteiger charge is -2.26. The Bertz CT molecular complexity index is 489. The molecule has 4 nitrogen and oxygen atoms in total. The highest BCUT2D eigenvalue weighted by molar-refractivity contribution is 5.81. The van der Waals surface area contributed by atoms with Gasteiger partial charge in [0.05, 0.1) is 6.10 Å². The molecule has 3 unspecified atom stereocenters. The van der Waals surface area contributed by atoms with Gasteiger partial charge in [-0.05, 0) is 50.2 Å². The first-order valence-electron chi connectivity index (χ1n) is 8.28. The number of carbonyl (C=O) groups excluding carboxylic acids is 1. The standard InChI is InChI=1S/C18H27NO3/c1-3-16(22-17-10-5-4-7-13(17)2)18(21)19-12-14-8-6-9-15(20)11-14/h4-5,7,10,14-16,20H,3,6,8-9,11-12H2,1-2H3,(H,19,21). The number of ether oxygens (including phenoxy) is 1. The number of aliphatic hydroxyl groups excluding tert-OH is 1. The summed E-state index contributed by atoms with van der Waals surface area (Å²) in [6, 6.07) is 7.74. The second-order valence-electron chi connectivity index (χ2n) is 6.21. The largest absolute Gasteiger partial charge is 0.480 e. The van der Waals surface area contributed by atoms with Crippen molar-refractivity contribution in [1.82, 2.24) is 5.32 Å². The molecule has 1 aliphatic carbocycles. The number of amides is 1. The smallest absolute Gasteiger partial charge is 0.261 e. The molecule has 1 fully saturated rings. The van der Waals surface area contributed by atoms with Crippen LogP contribution in [0, 0.1) is 12.8 Å². The maximum atomic E-state index is 12.3. The Kier molecular flexibility index (Phi) is 6.25. The third-order valence-electron chi connectivity index (χ3n) is 4.35. The van der Waals surface area contributed by atoms with Crippen LogP contribution >= 0.6 is 0 Å². The minimum absolute atomic E-state index is 0.0641. The zero-order chi connectivity index (χ0) is 15.9. The first kappa shape index (κ1) is 16.8. The summed E-state index contributed by atoms with van der Waals surface area (Å²) in [5.74, 6) is 1.08. The van der Waals surface area contributed by atoms with E-state index in [4.69, 9.17) is 4.74 Å². The summed E-state index contributed by atoms with van der Waals surface area (Å²) in [4.78, 5) is 12.3. The Morgan fingerprint density at radius 1 is 1.41 bits per heavy atom. The van der Waals surface area contributed by atoms with Crippen LogP contribution in [0.2, 0.25) is 0 Å². The Balaban J connectivity index is 1.85. The van der Waals surface area contributed by atoms with Crippen LogP contribution in [0.1, 0.15) is 44.6 Å². The van der Waals surface area contributed by atoms with E-state index in [2.05, 4.69) is 5.32 Å². The van der Waals surface area contributed by atoms with Crippen LogP contribution in [0.3, 0.4) is 0 Å². The quantitative estimate of drug-likeness (QED) is 0.849. The van der Waals surface area contributed by atoms with Gasteiger partial charge in [-0.1, -0.05) is 31.5 Å². The van der Waals surface area contributed by atoms with Crippen molar-refractivity contribution in [2.75, 3.05) is 6.54 Å². The number of para-hydroxylation sites is 1. The molecule has 0 aliphatic heterocycles. The van der Waals surface area contributed by atoms with Gasteiger partial charge in [0.25, 0.3) is 5.91 Å². The van der Waals surface area contributed by atoms with Gasteiger partial charge in [0, 0.05) is 6.54 Å². The van der Waals surface area contributed by atoms with Crippen LogP contribution in [0.15, 0.2) is 24.3 Å². The van der Waals surface area contributed by atoms with Gasteiger partial charge in [0.1, 0.15) is 5.75 Å². The summed E-state index contributed by atoms with van der Waals surface area (Å²) in [5.41, 5.74) is 1.03. The zero-order valence-electron chi connectivity index (χ0n) is 13.5. The van der Waals surface area contributed by atoms with Gasteiger partial charge in [-0.3, -0.25) is 4.79 Å². The van der Waals surface area contributed by atoms with Gasteiger partial charge in [-0.15, -0.1) is 0 Å². The molecule has 22 heavy (non-hydrogen) atoms. The van der Waals surface area contributed by atoms with Crippen LogP contribution in [0.5, 0.6) is 5.75 Å². The van der Waals surface area contributed by atoms with Gasteiger partial charge in [0.15, 0.2) is 6.10 Å². The van der Waals surface area contributed by atoms with E-state index in [9.17, 15) is 9.90 Å². The monoisotopic (exact) mass is 305 g/mol. The van der Waals surface area contributed by atoms with Gasteiger partial charge >= 0.3 is 0 Å². The maximum Gasteiger partial charge on any atom is 0.261 e. The van der Waals surface area contributed by atoms with Crippen molar-refractivity contribution in [3.8, 4) is 5.75 Å². The van der Waals surface area contributed by atoms with Crippen LogP contribution in [0.4, 0.5) is 0 Å². The number of nitrogens with one attached hydrogen (secondary N) is 1. The minimum Gasteiger partial charge on any atom is -0.480 e. The van der Waals surface area contributed by atoms with E-state index in [1.165, 1.54) is 0 Å². The third kappa shape index (κ3) is 4.73. The fraction of sp³-hybridized carbons (Fsp3) is 0.611. The lowest BCUT2D eigenvalue weighted by atomic mass is 9.87. The van der Waals surface area contributed by atoms with Gasteiger partial charge < -0.3 is 15.2 Å². The van der Waals surface area contributed by atoms with E-state index in [-0.39, 0.29) is 12.0 Å². The zero-order valence-corrected chi connectivity index (χ0v) is 13.5. The molecule has 1 aromatic rings. The molecule has 2 N–H and O–H groups in total. The molecule has 0 saturated heterocycles. The van der Waals surface area contributed by atoms with Gasteiger partial charge in [-0.2, -0.15) is 0 Å². The maximum absolute atomic E-state index is 12.3. The molecule has 0 radical (unpaired) electrons. The minimum atomic E-state index is -0.463. The molecule has 0 heterocycles. The van der Waals surface area contributed by atoms with Gasteiger partial charge in [0.2, 0.25) is 0 Å². The van der Waals surface area contributed by atoms with Crippen LogP contribution in [-0.2, 0) is 4.79 Å². The van der Waals surface area contributed by atoms with Crippen molar-refractivity contribution >= 4 is 5.91 Å². The Morgan fingerprint density at radius 2 is 2.18 bits per heavy atom. The molecule has 1 aliphatic rings. The Morgan fingerprint density at radius 3 is 2.86 bits per heavy atom. The lowest BCUT2D eigenvalue weighted by Crippen LogP contribution is -2.41. The fourth-order valence-electron chi connectivity index (χ4n) is 2.97. The van der Waals surface area contributed by atoms with Crippen molar-refractivity contribution in [3.05, 3.63) is 29.8 Å². The third-order valence-corrected chi connectivity index (χ3v) is 4.35. The average molecular weight is 305 g/mol. The van der Waals surface area contributed by atoms with Gasteiger partial charge in [-0.25, -0.2) is 0 Å². The summed E-state index contributed by atoms with van der Waals surface area (Å²) < 4.78 is 5.86. The predicted octanol–water partition coefficient (Wildman–Crippen LogP) is 2.82. The number of hydrogen-bond acceptors (Lipinski definition) is 3. The number of carbonyl (C=O) groups is 1. The van der Waals surface area contributed by atoms with Crippen molar-refractivity contribution in [2.45, 2.75) is 58.2 Å². The highest BCUT2D eigenvalue weighted by Crippen LogP contribution is 2.23. The molecule has 3 atom stereocenters. The van der Waals surface area contributed by atoms with E-state index in [1.807, 2.05) is 38.1 Å². The molecule has 0 bridgehead atoms. The van der Waals surface area contributed by atoms with E-state index < -0.39 is 6.10 Å². The molecule has 0 spiro atoms. The summed E-state index contributed by atoms with van der Waals surface area (Å²) in [6.07, 6.45) is 3.75. The van der Waals surface area contributed by atoms with Crippen molar-refractivity contribution in [3.63, 3.8) is 0 Å². The highest BCUT2D eigenvalue weighted by Gasteiger charge is 2.23. The summed E-state index contributed by atoms with van der Waals surface area (Å²) in [5, 5.41) is 12.7. The molecule has 0 aromatic heterocycles. The predicted molar refractivity (Wildman–Crippen MR) is 86.9 cm³/mol. The number of aliphatic hydroxyl groups is 1. The second kappa shape index (κ2) is 8.18.